The molecule has 294 valence electrons. The van der Waals surface area contributed by atoms with E-state index in [0.29, 0.717) is 29.2 Å². The van der Waals surface area contributed by atoms with Gasteiger partial charge in [0.25, 0.3) is 5.91 Å². The summed E-state index contributed by atoms with van der Waals surface area (Å²) in [4.78, 5) is 68.3. The molecule has 2 aliphatic rings. The number of rotatable bonds is 15. The third-order valence-electron chi connectivity index (χ3n) is 8.84. The number of halogens is 4. The summed E-state index contributed by atoms with van der Waals surface area (Å²) >= 11 is 6.02. The number of anilines is 5. The Labute approximate surface area is 322 Å². The summed E-state index contributed by atoms with van der Waals surface area (Å²) < 4.78 is 43.7. The first-order valence-electron chi connectivity index (χ1n) is 17.5. The molecule has 3 heterocycles. The number of alkyl halides is 3. The predicted octanol–water partition coefficient (Wildman–Crippen LogP) is 4.63. The summed E-state index contributed by atoms with van der Waals surface area (Å²) in [6, 6.07) is 14.1. The number of aliphatic carboxylic acids is 1. The van der Waals surface area contributed by atoms with Crippen LogP contribution in [-0.4, -0.2) is 87.2 Å². The molecule has 1 aliphatic carbocycles. The van der Waals surface area contributed by atoms with Crippen molar-refractivity contribution in [2.45, 2.75) is 49.9 Å². The molecule has 1 atom stereocenters. The molecule has 4 aromatic rings. The lowest BCUT2D eigenvalue weighted by Gasteiger charge is -2.19. The first-order chi connectivity index (χ1) is 26.7. The van der Waals surface area contributed by atoms with Crippen molar-refractivity contribution < 1.29 is 42.2 Å². The highest BCUT2D eigenvalue weighted by molar-refractivity contribution is 6.39. The first kappa shape index (κ1) is 39.5. The number of pyridine rings is 1. The van der Waals surface area contributed by atoms with E-state index < -0.39 is 54.1 Å². The van der Waals surface area contributed by atoms with Gasteiger partial charge >= 0.3 is 30.0 Å². The Balaban J connectivity index is 1.02. The molecule has 20 heteroatoms. The van der Waals surface area contributed by atoms with Gasteiger partial charge in [0.1, 0.15) is 11.9 Å². The molecule has 16 nitrogen and oxygen atoms in total. The maximum atomic E-state index is 12.9. The van der Waals surface area contributed by atoms with E-state index in [4.69, 9.17) is 16.3 Å². The number of nitrogens with zero attached hydrogens (tertiary/aromatic N) is 5. The second-order valence-electron chi connectivity index (χ2n) is 13.0. The highest BCUT2D eigenvalue weighted by atomic mass is 35.5. The van der Waals surface area contributed by atoms with Gasteiger partial charge in [-0.3, -0.25) is 14.4 Å². The van der Waals surface area contributed by atoms with Crippen LogP contribution in [0.5, 0.6) is 6.01 Å². The van der Waals surface area contributed by atoms with Crippen molar-refractivity contribution in [3.8, 4) is 6.01 Å². The summed E-state index contributed by atoms with van der Waals surface area (Å²) in [6.45, 7) is -0.0711. The number of hydrogen-bond donors (Lipinski definition) is 6. The number of aromatic nitrogens is 4. The van der Waals surface area contributed by atoms with Crippen LogP contribution in [0.2, 0.25) is 5.02 Å². The number of nitrogens with one attached hydrogen (secondary N) is 5. The van der Waals surface area contributed by atoms with Crippen LogP contribution in [-0.2, 0) is 19.9 Å². The SMILES string of the molecule is O=C(NCC[C@H](NC(=O)c1ccc(Nc2nc(NC3(c4ccc(Cl)cc4)CC3)nc(OCC(F)(F)F)n2)cc1)C(=O)O)C(=O)Nc1ccc(N2CCCC2)nc1. The van der Waals surface area contributed by atoms with Crippen LogP contribution in [0.4, 0.5) is 42.3 Å². The average molecular weight is 797 g/mol. The van der Waals surface area contributed by atoms with Crippen LogP contribution in [0.3, 0.4) is 0 Å². The molecule has 1 saturated carbocycles. The molecule has 1 saturated heterocycles. The first-order valence-corrected chi connectivity index (χ1v) is 17.8. The smallest absolute Gasteiger partial charge is 0.422 e. The van der Waals surface area contributed by atoms with E-state index in [0.717, 1.165) is 37.3 Å². The van der Waals surface area contributed by atoms with Crippen molar-refractivity contribution in [1.29, 1.82) is 0 Å². The standard InChI is InChI=1S/C36H36ClF3N10O6/c37-23-7-5-22(6-8-23)35(14-15-35)49-33-46-32(47-34(48-33)56-20-36(38,39)40)44-24-9-3-21(4-10-24)28(51)45-26(31(54)55)13-16-41-29(52)30(53)43-25-11-12-27(42-19-25)50-17-1-2-18-50/h3-12,19,26H,1-2,13-18,20H2,(H,41,52)(H,43,53)(H,45,51)(H,54,55)(H2,44,46,47,48,49)/t26-/m0/s1. The van der Waals surface area contributed by atoms with E-state index in [1.54, 1.807) is 24.3 Å². The van der Waals surface area contributed by atoms with Gasteiger partial charge in [-0.1, -0.05) is 23.7 Å². The summed E-state index contributed by atoms with van der Waals surface area (Å²) in [6.07, 6.45) is 0.122. The van der Waals surface area contributed by atoms with Crippen molar-refractivity contribution in [1.82, 2.24) is 30.6 Å². The number of carboxylic acids is 1. The summed E-state index contributed by atoms with van der Waals surface area (Å²) in [5, 5.41) is 23.4. The van der Waals surface area contributed by atoms with E-state index in [1.165, 1.54) is 30.5 Å². The number of carboxylic acid groups (broad SMARTS) is 1. The molecular formula is C36H36ClF3N10O6. The number of carbonyl (C=O) groups excluding carboxylic acids is 3. The fourth-order valence-electron chi connectivity index (χ4n) is 5.80. The van der Waals surface area contributed by atoms with Crippen LogP contribution in [0.25, 0.3) is 0 Å². The molecule has 1 aliphatic heterocycles. The Hall–Kier alpha value is -6.24. The lowest BCUT2D eigenvalue weighted by Crippen LogP contribution is -2.44. The van der Waals surface area contributed by atoms with Crippen molar-refractivity contribution in [3.63, 3.8) is 0 Å². The Kier molecular flexibility index (Phi) is 12.0. The summed E-state index contributed by atoms with van der Waals surface area (Å²) in [7, 11) is 0. The lowest BCUT2D eigenvalue weighted by atomic mass is 10.1. The molecule has 56 heavy (non-hydrogen) atoms. The molecule has 3 amide bonds. The largest absolute Gasteiger partial charge is 0.480 e. The zero-order chi connectivity index (χ0) is 39.9. The molecule has 0 spiro atoms. The minimum absolute atomic E-state index is 0.0421. The quantitative estimate of drug-likeness (QED) is 0.0907. The van der Waals surface area contributed by atoms with Gasteiger partial charge in [-0.25, -0.2) is 9.78 Å². The molecule has 6 N–H and O–H groups in total. The molecule has 2 aromatic heterocycles. The number of carbonyl (C=O) groups is 4. The monoisotopic (exact) mass is 796 g/mol. The van der Waals surface area contributed by atoms with Gasteiger partial charge in [0.05, 0.1) is 17.4 Å². The van der Waals surface area contributed by atoms with Crippen LogP contribution in [0.1, 0.15) is 48.0 Å². The van der Waals surface area contributed by atoms with Crippen molar-refractivity contribution in [2.24, 2.45) is 0 Å². The van der Waals surface area contributed by atoms with Gasteiger partial charge in [-0.05, 0) is 86.2 Å². The maximum absolute atomic E-state index is 12.9. The lowest BCUT2D eigenvalue weighted by molar-refractivity contribution is -0.154. The predicted molar refractivity (Wildman–Crippen MR) is 198 cm³/mol. The number of ether oxygens (including phenoxy) is 1. The molecule has 2 aromatic carbocycles. The zero-order valence-corrected chi connectivity index (χ0v) is 30.3. The minimum atomic E-state index is -4.64. The molecular weight excluding hydrogens is 761 g/mol. The van der Waals surface area contributed by atoms with Gasteiger partial charge in [0.2, 0.25) is 11.9 Å². The fraction of sp³-hybridized carbons (Fsp3) is 0.333. The number of benzene rings is 2. The molecule has 0 unspecified atom stereocenters. The van der Waals surface area contributed by atoms with Gasteiger partial charge in [-0.2, -0.15) is 28.1 Å². The Morgan fingerprint density at radius 2 is 1.57 bits per heavy atom. The Morgan fingerprint density at radius 1 is 0.893 bits per heavy atom. The zero-order valence-electron chi connectivity index (χ0n) is 29.5. The minimum Gasteiger partial charge on any atom is -0.480 e. The number of hydrogen-bond acceptors (Lipinski definition) is 12. The normalized spacial score (nSPS) is 15.0. The molecule has 2 fully saturated rings. The van der Waals surface area contributed by atoms with E-state index in [9.17, 15) is 37.5 Å². The van der Waals surface area contributed by atoms with Crippen LogP contribution >= 0.6 is 11.6 Å². The fourth-order valence-corrected chi connectivity index (χ4v) is 5.92. The van der Waals surface area contributed by atoms with Gasteiger partial charge in [0, 0.05) is 35.9 Å². The van der Waals surface area contributed by atoms with E-state index in [2.05, 4.69) is 51.4 Å². The summed E-state index contributed by atoms with van der Waals surface area (Å²) in [5.41, 5.74) is 1.03. The van der Waals surface area contributed by atoms with Gasteiger partial charge < -0.3 is 41.3 Å². The van der Waals surface area contributed by atoms with Gasteiger partial charge in [-0.15, -0.1) is 0 Å². The molecule has 6 rings (SSSR count). The molecule has 0 radical (unpaired) electrons. The summed E-state index contributed by atoms with van der Waals surface area (Å²) in [5.74, 6) is -3.51. The van der Waals surface area contributed by atoms with E-state index >= 15 is 0 Å². The highest BCUT2D eigenvalue weighted by Crippen LogP contribution is 2.48. The van der Waals surface area contributed by atoms with Gasteiger partial charge in [0.15, 0.2) is 6.61 Å². The van der Waals surface area contributed by atoms with Crippen molar-refractivity contribution in [3.05, 3.63) is 83.0 Å². The van der Waals surface area contributed by atoms with Crippen molar-refractivity contribution >= 4 is 64.4 Å². The second-order valence-corrected chi connectivity index (χ2v) is 13.5. The Bertz CT molecular complexity index is 2050. The number of amides is 3. The third kappa shape index (κ3) is 10.7. The van der Waals surface area contributed by atoms with Crippen LogP contribution in [0.15, 0.2) is 66.9 Å². The molecule has 0 bridgehead atoms. The van der Waals surface area contributed by atoms with Crippen LogP contribution in [0, 0.1) is 0 Å². The van der Waals surface area contributed by atoms with Crippen LogP contribution < -0.4 is 36.2 Å². The average Bonchev–Trinajstić information content (AvgIpc) is 3.72. The maximum Gasteiger partial charge on any atom is 0.422 e. The third-order valence-corrected chi connectivity index (χ3v) is 9.10. The van der Waals surface area contributed by atoms with E-state index in [1.807, 2.05) is 12.1 Å². The highest BCUT2D eigenvalue weighted by Gasteiger charge is 2.45. The Morgan fingerprint density at radius 3 is 2.20 bits per heavy atom. The second kappa shape index (κ2) is 17.1. The van der Waals surface area contributed by atoms with Crippen molar-refractivity contribution in [2.75, 3.05) is 47.1 Å². The van der Waals surface area contributed by atoms with E-state index in [-0.39, 0.29) is 30.4 Å². The topological polar surface area (TPSA) is 213 Å².